The summed E-state index contributed by atoms with van der Waals surface area (Å²) in [6, 6.07) is 0. The van der Waals surface area contributed by atoms with E-state index in [1.54, 1.807) is 16.8 Å². The Hall–Kier alpha value is -2.09. The molecule has 4 heterocycles. The van der Waals surface area contributed by atoms with E-state index in [9.17, 15) is 9.59 Å². The first-order valence-electron chi connectivity index (χ1n) is 8.45. The number of H-pyrrole nitrogens is 1. The molecule has 0 aromatic carbocycles. The number of nitrogens with one attached hydrogen (secondary N) is 1. The molecule has 2 saturated heterocycles. The molecule has 0 bridgehead atoms. The molecule has 2 fully saturated rings. The maximum atomic E-state index is 13.0. The normalized spacial score (nSPS) is 27.5. The first kappa shape index (κ1) is 15.4. The monoisotopic (exact) mass is 333 g/mol. The topological polar surface area (TPSA) is 81.8 Å². The van der Waals surface area contributed by atoms with Crippen LogP contribution in [0.4, 0.5) is 4.79 Å². The van der Waals surface area contributed by atoms with Crippen LogP contribution >= 0.6 is 0 Å². The molecule has 8 nitrogen and oxygen atoms in total. The molecule has 1 N–H and O–H groups in total. The van der Waals surface area contributed by atoms with Gasteiger partial charge in [-0.05, 0) is 19.9 Å². The van der Waals surface area contributed by atoms with Crippen molar-refractivity contribution >= 4 is 12.0 Å². The minimum atomic E-state index is -0.563. The van der Waals surface area contributed by atoms with E-state index < -0.39 is 5.60 Å². The lowest BCUT2D eigenvalue weighted by Crippen LogP contribution is -2.52. The van der Waals surface area contributed by atoms with Crippen molar-refractivity contribution < 1.29 is 14.3 Å². The number of piperidine rings is 1. The minimum Gasteiger partial charge on any atom is -0.439 e. The van der Waals surface area contributed by atoms with Gasteiger partial charge in [0.2, 0.25) is 0 Å². The predicted molar refractivity (Wildman–Crippen MR) is 85.6 cm³/mol. The molecule has 0 saturated carbocycles. The molecule has 130 valence electrons. The molecule has 4 rings (SSSR count). The second kappa shape index (κ2) is 5.47. The highest BCUT2D eigenvalue weighted by molar-refractivity contribution is 5.94. The van der Waals surface area contributed by atoms with Crippen molar-refractivity contribution in [1.29, 1.82) is 0 Å². The average molecular weight is 333 g/mol. The molecule has 0 unspecified atom stereocenters. The van der Waals surface area contributed by atoms with Crippen molar-refractivity contribution in [1.82, 2.24) is 24.9 Å². The summed E-state index contributed by atoms with van der Waals surface area (Å²) in [4.78, 5) is 30.3. The van der Waals surface area contributed by atoms with Crippen LogP contribution in [0.3, 0.4) is 0 Å². The Labute approximate surface area is 140 Å². The Morgan fingerprint density at radius 1 is 1.29 bits per heavy atom. The molecule has 1 spiro atoms. The molecular formula is C16H23N5O3. The van der Waals surface area contributed by atoms with Crippen molar-refractivity contribution in [2.45, 2.75) is 31.4 Å². The van der Waals surface area contributed by atoms with Crippen molar-refractivity contribution in [2.24, 2.45) is 0 Å². The zero-order valence-corrected chi connectivity index (χ0v) is 14.2. The number of likely N-dealkylation sites (N-methyl/N-ethyl adjacent to an activating group) is 2. The van der Waals surface area contributed by atoms with E-state index in [0.717, 1.165) is 43.6 Å². The lowest BCUT2D eigenvalue weighted by molar-refractivity contribution is -0.00548. The van der Waals surface area contributed by atoms with Crippen LogP contribution in [-0.4, -0.2) is 82.8 Å². The molecule has 8 heteroatoms. The summed E-state index contributed by atoms with van der Waals surface area (Å²) in [6.45, 7) is 3.37. The van der Waals surface area contributed by atoms with E-state index in [0.29, 0.717) is 25.3 Å². The highest BCUT2D eigenvalue weighted by Crippen LogP contribution is 2.32. The molecule has 1 aromatic rings. The van der Waals surface area contributed by atoms with Crippen molar-refractivity contribution in [2.75, 3.05) is 40.3 Å². The van der Waals surface area contributed by atoms with Gasteiger partial charge in [-0.2, -0.15) is 5.10 Å². The van der Waals surface area contributed by atoms with Gasteiger partial charge in [-0.25, -0.2) is 4.79 Å². The lowest BCUT2D eigenvalue weighted by Gasteiger charge is -2.38. The smallest absolute Gasteiger partial charge is 0.410 e. The van der Waals surface area contributed by atoms with Gasteiger partial charge >= 0.3 is 6.09 Å². The Morgan fingerprint density at radius 2 is 2.12 bits per heavy atom. The van der Waals surface area contributed by atoms with E-state index >= 15 is 0 Å². The minimum absolute atomic E-state index is 0.0625. The number of carbonyl (C=O) groups excluding carboxylic acids is 2. The van der Waals surface area contributed by atoms with Crippen LogP contribution in [0.2, 0.25) is 0 Å². The number of aromatic nitrogens is 2. The molecule has 2 amide bonds. The SMILES string of the molecule is CN1CCc2[nH]nc(C(=O)N3CCC[C@]4(CN(C)C(=O)O4)C3)c2C1. The Kier molecular flexibility index (Phi) is 3.52. The van der Waals surface area contributed by atoms with Crippen LogP contribution in [0.1, 0.15) is 34.6 Å². The number of aromatic amines is 1. The molecule has 1 atom stereocenters. The number of hydrogen-bond acceptors (Lipinski definition) is 5. The van der Waals surface area contributed by atoms with Crippen LogP contribution in [0.5, 0.6) is 0 Å². The number of carbonyl (C=O) groups is 2. The predicted octanol–water partition coefficient (Wildman–Crippen LogP) is 0.454. The number of rotatable bonds is 1. The fourth-order valence-corrected chi connectivity index (χ4v) is 4.03. The lowest BCUT2D eigenvalue weighted by atomic mass is 9.92. The first-order chi connectivity index (χ1) is 11.5. The summed E-state index contributed by atoms with van der Waals surface area (Å²) in [5.41, 5.74) is 2.03. The third-order valence-electron chi connectivity index (χ3n) is 5.29. The maximum Gasteiger partial charge on any atom is 0.410 e. The second-order valence-electron chi connectivity index (χ2n) is 7.25. The van der Waals surface area contributed by atoms with Crippen molar-refractivity contribution in [3.63, 3.8) is 0 Å². The molecule has 1 aromatic heterocycles. The summed E-state index contributed by atoms with van der Waals surface area (Å²) in [5.74, 6) is -0.0625. The molecule has 3 aliphatic rings. The van der Waals surface area contributed by atoms with Gasteiger partial charge in [0.15, 0.2) is 5.69 Å². The van der Waals surface area contributed by atoms with Crippen molar-refractivity contribution in [3.8, 4) is 0 Å². The number of hydrogen-bond donors (Lipinski definition) is 1. The zero-order chi connectivity index (χ0) is 16.9. The second-order valence-corrected chi connectivity index (χ2v) is 7.25. The quantitative estimate of drug-likeness (QED) is 0.807. The molecule has 0 radical (unpaired) electrons. The standard InChI is InChI=1S/C16H23N5O3/c1-19-7-4-12-11(8-19)13(18-17-12)14(22)21-6-3-5-16(10-21)9-20(2)15(23)24-16/h3-10H2,1-2H3,(H,17,18)/t16-/m0/s1. The largest absolute Gasteiger partial charge is 0.439 e. The first-order valence-corrected chi connectivity index (χ1v) is 8.45. The number of nitrogens with zero attached hydrogens (tertiary/aromatic N) is 4. The Morgan fingerprint density at radius 3 is 2.88 bits per heavy atom. The van der Waals surface area contributed by atoms with E-state index in [-0.39, 0.29) is 12.0 Å². The fourth-order valence-electron chi connectivity index (χ4n) is 4.03. The molecular weight excluding hydrogens is 310 g/mol. The zero-order valence-electron chi connectivity index (χ0n) is 14.2. The fraction of sp³-hybridized carbons (Fsp3) is 0.688. The number of likely N-dealkylation sites (tertiary alicyclic amines) is 1. The highest BCUT2D eigenvalue weighted by Gasteiger charge is 2.47. The summed E-state index contributed by atoms with van der Waals surface area (Å²) in [5, 5.41) is 7.32. The average Bonchev–Trinajstić information content (AvgIpc) is 3.07. The van der Waals surface area contributed by atoms with Gasteiger partial charge in [0.25, 0.3) is 5.91 Å². The van der Waals surface area contributed by atoms with Gasteiger partial charge < -0.3 is 19.4 Å². The van der Waals surface area contributed by atoms with Gasteiger partial charge in [0.1, 0.15) is 5.60 Å². The van der Waals surface area contributed by atoms with Crippen LogP contribution in [0.15, 0.2) is 0 Å². The molecule has 0 aliphatic carbocycles. The number of ether oxygens (including phenoxy) is 1. The van der Waals surface area contributed by atoms with Gasteiger partial charge in [0, 0.05) is 44.4 Å². The molecule has 3 aliphatic heterocycles. The van der Waals surface area contributed by atoms with Crippen LogP contribution in [0.25, 0.3) is 0 Å². The summed E-state index contributed by atoms with van der Waals surface area (Å²) in [6.07, 6.45) is 2.22. The third-order valence-corrected chi connectivity index (χ3v) is 5.29. The van der Waals surface area contributed by atoms with E-state index in [1.165, 1.54) is 0 Å². The summed E-state index contributed by atoms with van der Waals surface area (Å²) in [7, 11) is 3.78. The maximum absolute atomic E-state index is 13.0. The van der Waals surface area contributed by atoms with Crippen LogP contribution < -0.4 is 0 Å². The Balaban J connectivity index is 1.55. The van der Waals surface area contributed by atoms with Gasteiger partial charge in [-0.1, -0.05) is 0 Å². The van der Waals surface area contributed by atoms with E-state index in [1.807, 2.05) is 7.05 Å². The number of amides is 2. The van der Waals surface area contributed by atoms with Crippen molar-refractivity contribution in [3.05, 3.63) is 17.0 Å². The van der Waals surface area contributed by atoms with E-state index in [2.05, 4.69) is 15.1 Å². The summed E-state index contributed by atoms with van der Waals surface area (Å²) >= 11 is 0. The highest BCUT2D eigenvalue weighted by atomic mass is 16.6. The summed E-state index contributed by atoms with van der Waals surface area (Å²) < 4.78 is 5.59. The third kappa shape index (κ3) is 2.45. The van der Waals surface area contributed by atoms with E-state index in [4.69, 9.17) is 4.74 Å². The van der Waals surface area contributed by atoms with Gasteiger partial charge in [-0.3, -0.25) is 9.89 Å². The van der Waals surface area contributed by atoms with Crippen LogP contribution in [-0.2, 0) is 17.7 Å². The molecule has 24 heavy (non-hydrogen) atoms. The van der Waals surface area contributed by atoms with Crippen LogP contribution in [0, 0.1) is 0 Å². The number of fused-ring (bicyclic) bond motifs is 1. The van der Waals surface area contributed by atoms with Gasteiger partial charge in [0.05, 0.1) is 13.1 Å². The van der Waals surface area contributed by atoms with Gasteiger partial charge in [-0.15, -0.1) is 0 Å². The Bertz CT molecular complexity index is 687.